The Kier molecular flexibility index (Phi) is 3.92. The molecule has 0 saturated heterocycles. The van der Waals surface area contributed by atoms with Crippen molar-refractivity contribution in [1.29, 1.82) is 0 Å². The third kappa shape index (κ3) is 3.11. The highest BCUT2D eigenvalue weighted by atomic mass is 16.4. The predicted molar refractivity (Wildman–Crippen MR) is 35.5 cm³/mol. The molecule has 0 aromatic rings. The van der Waals surface area contributed by atoms with E-state index in [0.717, 1.165) is 0 Å². The number of rotatable bonds is 5. The van der Waals surface area contributed by atoms with E-state index in [4.69, 9.17) is 15.3 Å². The zero-order valence-corrected chi connectivity index (χ0v) is 6.06. The molecule has 6 nitrogen and oxygen atoms in total. The second-order valence-corrected chi connectivity index (χ2v) is 2.13. The van der Waals surface area contributed by atoms with Gasteiger partial charge in [0.25, 0.3) is 0 Å². The molecule has 0 fully saturated rings. The number of aliphatic hydroxyl groups is 1. The molecule has 0 unspecified atom stereocenters. The highest BCUT2D eigenvalue weighted by Gasteiger charge is 2.27. The Bertz CT molecular complexity index is 194. The molecule has 12 heavy (non-hydrogen) atoms. The van der Waals surface area contributed by atoms with Gasteiger partial charge in [0.15, 0.2) is 11.7 Å². The van der Waals surface area contributed by atoms with Crippen LogP contribution in [-0.2, 0) is 14.4 Å². The van der Waals surface area contributed by atoms with Crippen molar-refractivity contribution >= 4 is 17.7 Å². The van der Waals surface area contributed by atoms with Gasteiger partial charge >= 0.3 is 11.9 Å². The summed E-state index contributed by atoms with van der Waals surface area (Å²) < 4.78 is 0. The van der Waals surface area contributed by atoms with Crippen molar-refractivity contribution < 1.29 is 29.7 Å². The zero-order chi connectivity index (χ0) is 9.72. The predicted octanol–water partition coefficient (Wildman–Crippen LogP) is -1.28. The second kappa shape index (κ2) is 4.45. The van der Waals surface area contributed by atoms with Crippen LogP contribution in [0.1, 0.15) is 6.42 Å². The van der Waals surface area contributed by atoms with Crippen LogP contribution in [0.25, 0.3) is 0 Å². The number of carboxylic acids is 2. The van der Waals surface area contributed by atoms with Gasteiger partial charge in [0.05, 0.1) is 0 Å². The summed E-state index contributed by atoms with van der Waals surface area (Å²) in [7, 11) is 0. The van der Waals surface area contributed by atoms with Crippen LogP contribution in [0.5, 0.6) is 0 Å². The van der Waals surface area contributed by atoms with Gasteiger partial charge < -0.3 is 15.3 Å². The molecular formula is C6H8O6. The average Bonchev–Trinajstić information content (AvgIpc) is 1.98. The number of carbonyl (C=O) groups is 3. The van der Waals surface area contributed by atoms with E-state index < -0.39 is 36.7 Å². The molecule has 0 heterocycles. The number of hydrogen-bond acceptors (Lipinski definition) is 4. The summed E-state index contributed by atoms with van der Waals surface area (Å²) in [4.78, 5) is 30.8. The zero-order valence-electron chi connectivity index (χ0n) is 6.06. The number of aliphatic hydroxyl groups excluding tert-OH is 1. The van der Waals surface area contributed by atoms with Crippen LogP contribution >= 0.6 is 0 Å². The Morgan fingerprint density at radius 3 is 1.75 bits per heavy atom. The minimum absolute atomic E-state index is 0.679. The molecule has 0 aromatic heterocycles. The van der Waals surface area contributed by atoms with Gasteiger partial charge in [-0.05, 0) is 0 Å². The Labute approximate surface area is 67.4 Å². The molecule has 6 heteroatoms. The van der Waals surface area contributed by atoms with E-state index >= 15 is 0 Å². The van der Waals surface area contributed by atoms with Gasteiger partial charge in [-0.15, -0.1) is 0 Å². The molecule has 0 aliphatic heterocycles. The van der Waals surface area contributed by atoms with Crippen molar-refractivity contribution in [2.75, 3.05) is 6.61 Å². The Balaban J connectivity index is 4.24. The molecule has 0 radical (unpaired) electrons. The molecule has 0 aliphatic carbocycles. The van der Waals surface area contributed by atoms with Crippen LogP contribution in [-0.4, -0.2) is 39.6 Å². The number of hydrogen-bond donors (Lipinski definition) is 3. The fraction of sp³-hybridized carbons (Fsp3) is 0.500. The molecule has 0 bridgehead atoms. The van der Waals surface area contributed by atoms with Crippen molar-refractivity contribution in [2.45, 2.75) is 6.42 Å². The lowest BCUT2D eigenvalue weighted by molar-refractivity contribution is -0.156. The standard InChI is InChI=1S/C6H8O6/c7-2-3(8)1-4(5(9)10)6(11)12/h4,7H,1-2H2,(H,9,10)(H,11,12). The first-order valence-corrected chi connectivity index (χ1v) is 3.07. The lowest BCUT2D eigenvalue weighted by Crippen LogP contribution is -2.27. The molecule has 68 valence electrons. The van der Waals surface area contributed by atoms with E-state index in [-0.39, 0.29) is 0 Å². The van der Waals surface area contributed by atoms with Crippen LogP contribution in [0.3, 0.4) is 0 Å². The van der Waals surface area contributed by atoms with Crippen molar-refractivity contribution in [1.82, 2.24) is 0 Å². The summed E-state index contributed by atoms with van der Waals surface area (Å²) in [5, 5.41) is 24.8. The second-order valence-electron chi connectivity index (χ2n) is 2.13. The molecule has 0 rings (SSSR count). The van der Waals surface area contributed by atoms with E-state index in [2.05, 4.69) is 0 Å². The van der Waals surface area contributed by atoms with Crippen LogP contribution in [0, 0.1) is 5.92 Å². The summed E-state index contributed by atoms with van der Waals surface area (Å²) in [6, 6.07) is 0. The van der Waals surface area contributed by atoms with Crippen molar-refractivity contribution in [3.05, 3.63) is 0 Å². The quantitative estimate of drug-likeness (QED) is 0.450. The Morgan fingerprint density at radius 2 is 1.50 bits per heavy atom. The SMILES string of the molecule is O=C(CO)CC(C(=O)O)C(=O)O. The summed E-state index contributed by atoms with van der Waals surface area (Å²) in [5.41, 5.74) is 0. The van der Waals surface area contributed by atoms with E-state index in [1.54, 1.807) is 0 Å². The fourth-order valence-corrected chi connectivity index (χ4v) is 0.572. The van der Waals surface area contributed by atoms with Gasteiger partial charge in [-0.1, -0.05) is 0 Å². The summed E-state index contributed by atoms with van der Waals surface area (Å²) >= 11 is 0. The van der Waals surface area contributed by atoms with Crippen LogP contribution in [0.4, 0.5) is 0 Å². The number of Topliss-reactive ketones (excluding diaryl/α,β-unsaturated/α-hetero) is 1. The molecule has 0 aromatic carbocycles. The number of carboxylic acid groups (broad SMARTS) is 2. The summed E-state index contributed by atoms with van der Waals surface area (Å²) in [5.74, 6) is -5.72. The summed E-state index contributed by atoms with van der Waals surface area (Å²) in [6.45, 7) is -0.836. The Morgan fingerprint density at radius 1 is 1.08 bits per heavy atom. The fourth-order valence-electron chi connectivity index (χ4n) is 0.572. The minimum atomic E-state index is -1.76. The van der Waals surface area contributed by atoms with Crippen molar-refractivity contribution in [3.8, 4) is 0 Å². The number of ketones is 1. The third-order valence-electron chi connectivity index (χ3n) is 1.20. The van der Waals surface area contributed by atoms with Crippen LogP contribution < -0.4 is 0 Å². The van der Waals surface area contributed by atoms with Gasteiger partial charge in [0.2, 0.25) is 0 Å². The molecule has 0 spiro atoms. The lowest BCUT2D eigenvalue weighted by atomic mass is 10.0. The van der Waals surface area contributed by atoms with Gasteiger partial charge in [0.1, 0.15) is 6.61 Å². The van der Waals surface area contributed by atoms with E-state index in [0.29, 0.717) is 0 Å². The highest BCUT2D eigenvalue weighted by molar-refractivity contribution is 5.97. The first-order chi connectivity index (χ1) is 5.49. The smallest absolute Gasteiger partial charge is 0.318 e. The normalized spacial score (nSPS) is 9.83. The van der Waals surface area contributed by atoms with Gasteiger partial charge in [-0.3, -0.25) is 14.4 Å². The maximum atomic E-state index is 10.5. The number of carbonyl (C=O) groups excluding carboxylic acids is 1. The molecule has 0 aliphatic rings. The van der Waals surface area contributed by atoms with Crippen molar-refractivity contribution in [2.24, 2.45) is 5.92 Å². The van der Waals surface area contributed by atoms with E-state index in [9.17, 15) is 14.4 Å². The highest BCUT2D eigenvalue weighted by Crippen LogP contribution is 2.03. The van der Waals surface area contributed by atoms with Crippen LogP contribution in [0.15, 0.2) is 0 Å². The lowest BCUT2D eigenvalue weighted by Gasteiger charge is -2.03. The molecule has 0 amide bonds. The monoisotopic (exact) mass is 176 g/mol. The van der Waals surface area contributed by atoms with Crippen LogP contribution in [0.2, 0.25) is 0 Å². The van der Waals surface area contributed by atoms with Gasteiger partial charge in [-0.2, -0.15) is 0 Å². The molecule has 0 saturated carbocycles. The third-order valence-corrected chi connectivity index (χ3v) is 1.20. The molecule has 3 N–H and O–H groups in total. The molecule has 0 atom stereocenters. The minimum Gasteiger partial charge on any atom is -0.481 e. The topological polar surface area (TPSA) is 112 Å². The average molecular weight is 176 g/mol. The maximum Gasteiger partial charge on any atom is 0.318 e. The van der Waals surface area contributed by atoms with Crippen molar-refractivity contribution in [3.63, 3.8) is 0 Å². The van der Waals surface area contributed by atoms with Gasteiger partial charge in [-0.25, -0.2) is 0 Å². The van der Waals surface area contributed by atoms with Gasteiger partial charge in [0, 0.05) is 6.42 Å². The van der Waals surface area contributed by atoms with E-state index in [1.807, 2.05) is 0 Å². The summed E-state index contributed by atoms with van der Waals surface area (Å²) in [6.07, 6.45) is -0.679. The largest absolute Gasteiger partial charge is 0.481 e. The first-order valence-electron chi connectivity index (χ1n) is 3.07. The number of aliphatic carboxylic acids is 2. The first kappa shape index (κ1) is 10.6. The Hall–Kier alpha value is -1.43. The maximum absolute atomic E-state index is 10.5. The molecular weight excluding hydrogens is 168 g/mol. The van der Waals surface area contributed by atoms with E-state index in [1.165, 1.54) is 0 Å².